The number of alkyl halides is 1. The van der Waals surface area contributed by atoms with Crippen molar-refractivity contribution in [3.05, 3.63) is 42.9 Å². The third-order valence-corrected chi connectivity index (χ3v) is 6.89. The van der Waals surface area contributed by atoms with Crippen molar-refractivity contribution in [3.63, 3.8) is 0 Å². The van der Waals surface area contributed by atoms with E-state index in [2.05, 4.69) is 15.3 Å². The first-order valence-corrected chi connectivity index (χ1v) is 9.87. The van der Waals surface area contributed by atoms with E-state index in [0.717, 1.165) is 54.8 Å². The Balaban J connectivity index is 1.36. The van der Waals surface area contributed by atoms with Crippen LogP contribution in [0.5, 0.6) is 0 Å². The van der Waals surface area contributed by atoms with Crippen molar-refractivity contribution in [1.29, 1.82) is 0 Å². The van der Waals surface area contributed by atoms with Gasteiger partial charge in [0.15, 0.2) is 5.65 Å². The van der Waals surface area contributed by atoms with Crippen LogP contribution in [0.4, 0.5) is 10.2 Å². The molecule has 1 N–H and O–H groups in total. The lowest BCUT2D eigenvalue weighted by Crippen LogP contribution is -2.59. The molecular formula is C21H22FN5. The lowest BCUT2D eigenvalue weighted by Gasteiger charge is -2.58. The Bertz CT molecular complexity index is 984. The molecule has 6 heteroatoms. The first kappa shape index (κ1) is 15.5. The van der Waals surface area contributed by atoms with Gasteiger partial charge in [0, 0.05) is 23.5 Å². The Morgan fingerprint density at radius 1 is 1.04 bits per heavy atom. The van der Waals surface area contributed by atoms with Crippen molar-refractivity contribution < 1.29 is 4.39 Å². The van der Waals surface area contributed by atoms with Gasteiger partial charge in [-0.3, -0.25) is 4.98 Å². The summed E-state index contributed by atoms with van der Waals surface area (Å²) in [6, 6.07) is 7.93. The Kier molecular flexibility index (Phi) is 3.17. The minimum atomic E-state index is -0.598. The lowest BCUT2D eigenvalue weighted by molar-refractivity contribution is -0.0578. The van der Waals surface area contributed by atoms with Crippen molar-refractivity contribution in [3.8, 4) is 11.3 Å². The predicted molar refractivity (Wildman–Crippen MR) is 101 cm³/mol. The normalized spacial score (nSPS) is 34.3. The van der Waals surface area contributed by atoms with Crippen LogP contribution >= 0.6 is 0 Å². The van der Waals surface area contributed by atoms with Gasteiger partial charge in [0.2, 0.25) is 0 Å². The molecule has 3 aromatic heterocycles. The topological polar surface area (TPSA) is 55.1 Å². The molecule has 27 heavy (non-hydrogen) atoms. The maximum atomic E-state index is 14.5. The monoisotopic (exact) mass is 363 g/mol. The minimum Gasteiger partial charge on any atom is -0.363 e. The summed E-state index contributed by atoms with van der Waals surface area (Å²) in [7, 11) is 0. The third kappa shape index (κ3) is 2.38. The molecule has 4 bridgehead atoms. The van der Waals surface area contributed by atoms with Gasteiger partial charge in [0.25, 0.3) is 0 Å². The van der Waals surface area contributed by atoms with Gasteiger partial charge in [0.1, 0.15) is 12.0 Å². The van der Waals surface area contributed by atoms with E-state index in [1.807, 2.05) is 35.0 Å². The SMILES string of the molecule is FC1C2CC3CC1CC(Nc1ccc4ncc(-c5ccncc5)n4n1)(C3)C2. The highest BCUT2D eigenvalue weighted by Crippen LogP contribution is 2.57. The summed E-state index contributed by atoms with van der Waals surface area (Å²) >= 11 is 0. The molecule has 138 valence electrons. The zero-order valence-electron chi connectivity index (χ0n) is 15.1. The summed E-state index contributed by atoms with van der Waals surface area (Å²) in [6.07, 6.45) is 9.96. The van der Waals surface area contributed by atoms with Crippen LogP contribution in [0.25, 0.3) is 16.9 Å². The molecule has 3 aromatic rings. The molecule has 3 heterocycles. The van der Waals surface area contributed by atoms with Crippen LogP contribution in [-0.4, -0.2) is 31.3 Å². The largest absolute Gasteiger partial charge is 0.363 e. The molecule has 4 aliphatic carbocycles. The van der Waals surface area contributed by atoms with E-state index >= 15 is 0 Å². The quantitative estimate of drug-likeness (QED) is 0.760. The molecule has 4 saturated carbocycles. The van der Waals surface area contributed by atoms with Crippen molar-refractivity contribution in [2.45, 2.75) is 43.8 Å². The molecule has 0 saturated heterocycles. The Labute approximate surface area is 157 Å². The molecule has 5 nitrogen and oxygen atoms in total. The average molecular weight is 363 g/mol. The molecule has 2 atom stereocenters. The van der Waals surface area contributed by atoms with Crippen LogP contribution in [-0.2, 0) is 0 Å². The molecule has 0 amide bonds. The average Bonchev–Trinajstić information content (AvgIpc) is 3.09. The van der Waals surface area contributed by atoms with Gasteiger partial charge in [-0.25, -0.2) is 13.9 Å². The van der Waals surface area contributed by atoms with Gasteiger partial charge in [-0.2, -0.15) is 0 Å². The van der Waals surface area contributed by atoms with Crippen LogP contribution in [0, 0.1) is 17.8 Å². The van der Waals surface area contributed by atoms with E-state index in [-0.39, 0.29) is 17.4 Å². The van der Waals surface area contributed by atoms with E-state index in [1.165, 1.54) is 0 Å². The van der Waals surface area contributed by atoms with Crippen LogP contribution < -0.4 is 5.32 Å². The highest BCUT2D eigenvalue weighted by molar-refractivity contribution is 5.63. The van der Waals surface area contributed by atoms with Gasteiger partial charge in [0.05, 0.1) is 11.9 Å². The number of hydrogen-bond acceptors (Lipinski definition) is 4. The first-order valence-electron chi connectivity index (χ1n) is 9.87. The van der Waals surface area contributed by atoms with Gasteiger partial charge >= 0.3 is 0 Å². The van der Waals surface area contributed by atoms with E-state index in [9.17, 15) is 4.39 Å². The zero-order chi connectivity index (χ0) is 18.0. The molecular weight excluding hydrogens is 341 g/mol. The molecule has 0 aliphatic heterocycles. The number of anilines is 1. The second kappa shape index (κ2) is 5.50. The predicted octanol–water partition coefficient (Wildman–Crippen LogP) is 4.12. The third-order valence-electron chi connectivity index (χ3n) is 6.89. The maximum absolute atomic E-state index is 14.5. The maximum Gasteiger partial charge on any atom is 0.154 e. The summed E-state index contributed by atoms with van der Waals surface area (Å²) in [4.78, 5) is 8.56. The number of rotatable bonds is 3. The summed E-state index contributed by atoms with van der Waals surface area (Å²) < 4.78 is 16.4. The fourth-order valence-electron chi connectivity index (χ4n) is 6.05. The highest BCUT2D eigenvalue weighted by Gasteiger charge is 2.55. The number of nitrogens with one attached hydrogen (secondary N) is 1. The number of aromatic nitrogens is 4. The van der Waals surface area contributed by atoms with E-state index in [0.29, 0.717) is 5.92 Å². The molecule has 0 aromatic carbocycles. The van der Waals surface area contributed by atoms with Crippen molar-refractivity contribution >= 4 is 11.5 Å². The second-order valence-electron chi connectivity index (χ2n) is 8.69. The molecule has 7 rings (SSSR count). The number of hydrogen-bond donors (Lipinski definition) is 1. The highest BCUT2D eigenvalue weighted by atomic mass is 19.1. The number of nitrogens with zero attached hydrogens (tertiary/aromatic N) is 4. The minimum absolute atomic E-state index is 0.0111. The molecule has 4 fully saturated rings. The fraction of sp³-hybridized carbons (Fsp3) is 0.476. The summed E-state index contributed by atoms with van der Waals surface area (Å²) in [5.41, 5.74) is 2.82. The molecule has 0 radical (unpaired) electrons. The van der Waals surface area contributed by atoms with E-state index < -0.39 is 6.17 Å². The van der Waals surface area contributed by atoms with Gasteiger partial charge in [-0.1, -0.05) is 0 Å². The van der Waals surface area contributed by atoms with Crippen LogP contribution in [0.1, 0.15) is 32.1 Å². The van der Waals surface area contributed by atoms with E-state index in [1.54, 1.807) is 12.4 Å². The van der Waals surface area contributed by atoms with Gasteiger partial charge in [-0.15, -0.1) is 5.10 Å². The zero-order valence-corrected chi connectivity index (χ0v) is 15.1. The Hall–Kier alpha value is -2.50. The van der Waals surface area contributed by atoms with Crippen molar-refractivity contribution in [2.75, 3.05) is 5.32 Å². The summed E-state index contributed by atoms with van der Waals surface area (Å²) in [5.74, 6) is 1.99. The van der Waals surface area contributed by atoms with Crippen LogP contribution in [0.15, 0.2) is 42.9 Å². The standard InChI is InChI=1S/C21H22FN5/c22-20-15-7-13-8-16(20)11-21(9-13,10-15)25-18-1-2-19-24-12-17(27(19)26-18)14-3-5-23-6-4-14/h1-6,12-13,15-16,20H,7-11H2,(H,25,26). The van der Waals surface area contributed by atoms with Crippen LogP contribution in [0.3, 0.4) is 0 Å². The van der Waals surface area contributed by atoms with E-state index in [4.69, 9.17) is 5.10 Å². The Morgan fingerprint density at radius 3 is 2.59 bits per heavy atom. The molecule has 0 spiro atoms. The van der Waals surface area contributed by atoms with Crippen LogP contribution in [0.2, 0.25) is 0 Å². The number of halogens is 1. The first-order chi connectivity index (χ1) is 13.2. The van der Waals surface area contributed by atoms with Crippen molar-refractivity contribution in [1.82, 2.24) is 19.6 Å². The number of fused-ring (bicyclic) bond motifs is 1. The lowest BCUT2D eigenvalue weighted by atomic mass is 9.52. The Morgan fingerprint density at radius 2 is 1.81 bits per heavy atom. The van der Waals surface area contributed by atoms with Crippen molar-refractivity contribution in [2.24, 2.45) is 17.8 Å². The summed E-state index contributed by atoms with van der Waals surface area (Å²) in [5, 5.41) is 8.56. The van der Waals surface area contributed by atoms with Gasteiger partial charge in [-0.05, 0) is 74.1 Å². The summed E-state index contributed by atoms with van der Waals surface area (Å²) in [6.45, 7) is 0. The number of imidazole rings is 1. The smallest absolute Gasteiger partial charge is 0.154 e. The molecule has 2 unspecified atom stereocenters. The number of pyridine rings is 1. The fourth-order valence-corrected chi connectivity index (χ4v) is 6.05. The van der Waals surface area contributed by atoms with Gasteiger partial charge < -0.3 is 5.32 Å². The molecule has 4 aliphatic rings. The second-order valence-corrected chi connectivity index (χ2v) is 8.69.